The summed E-state index contributed by atoms with van der Waals surface area (Å²) in [5.74, 6) is 0.419. The largest absolute Gasteiger partial charge is 0.352 e. The molecule has 1 aromatic carbocycles. The van der Waals surface area contributed by atoms with Gasteiger partial charge in [-0.05, 0) is 30.0 Å². The minimum Gasteiger partial charge on any atom is -0.352 e. The van der Waals surface area contributed by atoms with Gasteiger partial charge in [0, 0.05) is 31.0 Å². The van der Waals surface area contributed by atoms with Crippen molar-refractivity contribution in [2.24, 2.45) is 5.92 Å². The van der Waals surface area contributed by atoms with Crippen molar-refractivity contribution >= 4 is 11.8 Å². The number of nitrogens with one attached hydrogen (secondary N) is 2. The van der Waals surface area contributed by atoms with E-state index in [-0.39, 0.29) is 23.2 Å². The summed E-state index contributed by atoms with van der Waals surface area (Å²) in [6, 6.07) is 8.92. The molecule has 0 aliphatic heterocycles. The van der Waals surface area contributed by atoms with Crippen molar-refractivity contribution in [1.29, 1.82) is 5.26 Å². The topological polar surface area (TPSA) is 108 Å². The molecule has 1 fully saturated rings. The zero-order chi connectivity index (χ0) is 18.4. The molecule has 0 unspecified atom stereocenters. The minimum atomic E-state index is -0.323. The lowest BCUT2D eigenvalue weighted by Gasteiger charge is -2.07. The van der Waals surface area contributed by atoms with Crippen molar-refractivity contribution in [2.75, 3.05) is 6.54 Å². The number of carbonyl (C=O) groups excluding carboxylic acids is 2. The fraction of sp³-hybridized carbons (Fsp3) is 0.316. The van der Waals surface area contributed by atoms with Crippen molar-refractivity contribution in [3.8, 4) is 6.07 Å². The van der Waals surface area contributed by atoms with Crippen molar-refractivity contribution < 1.29 is 9.59 Å². The average molecular weight is 349 g/mol. The molecule has 0 radical (unpaired) electrons. The Balaban J connectivity index is 1.47. The molecule has 2 N–H and O–H groups in total. The van der Waals surface area contributed by atoms with Gasteiger partial charge >= 0.3 is 0 Å². The first-order valence-electron chi connectivity index (χ1n) is 8.53. The molecule has 1 heterocycles. The highest BCUT2D eigenvalue weighted by atomic mass is 16.2. The van der Waals surface area contributed by atoms with Crippen molar-refractivity contribution in [3.05, 3.63) is 59.2 Å². The smallest absolute Gasteiger partial charge is 0.254 e. The predicted octanol–water partition coefficient (Wildman–Crippen LogP) is 1.81. The minimum absolute atomic E-state index is 0.0209. The van der Waals surface area contributed by atoms with Crippen LogP contribution in [0.15, 0.2) is 36.7 Å². The Kier molecular flexibility index (Phi) is 5.54. The van der Waals surface area contributed by atoms with Crippen LogP contribution < -0.4 is 10.6 Å². The summed E-state index contributed by atoms with van der Waals surface area (Å²) in [5, 5.41) is 14.3. The molecule has 0 bridgehead atoms. The van der Waals surface area contributed by atoms with Crippen LogP contribution in [0.25, 0.3) is 0 Å². The third-order valence-corrected chi connectivity index (χ3v) is 4.22. The number of nitrogens with zero attached hydrogens (tertiary/aromatic N) is 3. The van der Waals surface area contributed by atoms with E-state index in [0.29, 0.717) is 18.7 Å². The standard InChI is InChI=1S/C19H19N5O2/c20-9-17-22-11-16(12-23-17)19(26)24-10-14-3-5-15(6-4-14)18(25)21-8-7-13-1-2-13/h3-6,11-13H,1-2,7-8,10H2,(H,21,25)(H,24,26). The number of hydrogen-bond acceptors (Lipinski definition) is 5. The fourth-order valence-corrected chi connectivity index (χ4v) is 2.46. The summed E-state index contributed by atoms with van der Waals surface area (Å²) < 4.78 is 0. The highest BCUT2D eigenvalue weighted by Crippen LogP contribution is 2.31. The first-order chi connectivity index (χ1) is 12.7. The second-order valence-electron chi connectivity index (χ2n) is 6.27. The van der Waals surface area contributed by atoms with Gasteiger partial charge in [0.1, 0.15) is 6.07 Å². The molecule has 3 rings (SSSR count). The van der Waals surface area contributed by atoms with Crippen LogP contribution >= 0.6 is 0 Å². The number of amides is 2. The maximum atomic E-state index is 12.0. The van der Waals surface area contributed by atoms with E-state index in [9.17, 15) is 9.59 Å². The molecule has 7 nitrogen and oxygen atoms in total. The quantitative estimate of drug-likeness (QED) is 0.792. The van der Waals surface area contributed by atoms with E-state index in [4.69, 9.17) is 5.26 Å². The maximum Gasteiger partial charge on any atom is 0.254 e. The maximum absolute atomic E-state index is 12.0. The van der Waals surface area contributed by atoms with E-state index in [1.165, 1.54) is 25.2 Å². The number of hydrogen-bond donors (Lipinski definition) is 2. The van der Waals surface area contributed by atoms with E-state index < -0.39 is 0 Å². The third-order valence-electron chi connectivity index (χ3n) is 4.22. The zero-order valence-electron chi connectivity index (χ0n) is 14.2. The summed E-state index contributed by atoms with van der Waals surface area (Å²) in [7, 11) is 0. The van der Waals surface area contributed by atoms with Gasteiger partial charge in [0.05, 0.1) is 5.56 Å². The summed E-state index contributed by atoms with van der Waals surface area (Å²) in [6.45, 7) is 1.04. The molecule has 2 aromatic rings. The molecule has 132 valence electrons. The van der Waals surface area contributed by atoms with Gasteiger partial charge in [0.15, 0.2) is 0 Å². The van der Waals surface area contributed by atoms with Crippen LogP contribution in [0, 0.1) is 17.2 Å². The van der Waals surface area contributed by atoms with E-state index >= 15 is 0 Å². The van der Waals surface area contributed by atoms with Crippen LogP contribution in [0.3, 0.4) is 0 Å². The van der Waals surface area contributed by atoms with Gasteiger partial charge in [-0.15, -0.1) is 0 Å². The van der Waals surface area contributed by atoms with E-state index in [2.05, 4.69) is 20.6 Å². The van der Waals surface area contributed by atoms with Gasteiger partial charge in [-0.1, -0.05) is 25.0 Å². The van der Waals surface area contributed by atoms with Crippen LogP contribution in [0.1, 0.15) is 51.4 Å². The Morgan fingerprint density at radius 2 is 1.69 bits per heavy atom. The van der Waals surface area contributed by atoms with Crippen LogP contribution in [0.5, 0.6) is 0 Å². The Labute approximate surface area is 151 Å². The van der Waals surface area contributed by atoms with Crippen molar-refractivity contribution in [3.63, 3.8) is 0 Å². The Morgan fingerprint density at radius 3 is 2.31 bits per heavy atom. The van der Waals surface area contributed by atoms with Crippen LogP contribution in [-0.4, -0.2) is 28.3 Å². The molecular formula is C19H19N5O2. The lowest BCUT2D eigenvalue weighted by Crippen LogP contribution is -2.25. The molecule has 1 saturated carbocycles. The lowest BCUT2D eigenvalue weighted by atomic mass is 10.1. The van der Waals surface area contributed by atoms with Gasteiger partial charge in [-0.2, -0.15) is 5.26 Å². The van der Waals surface area contributed by atoms with E-state index in [1.807, 2.05) is 12.1 Å². The highest BCUT2D eigenvalue weighted by Gasteiger charge is 2.20. The number of carbonyl (C=O) groups is 2. The summed E-state index contributed by atoms with van der Waals surface area (Å²) in [4.78, 5) is 31.6. The third kappa shape index (κ3) is 4.86. The van der Waals surface area contributed by atoms with Gasteiger partial charge < -0.3 is 10.6 Å². The summed E-state index contributed by atoms with van der Waals surface area (Å²) in [6.07, 6.45) is 6.25. The Bertz CT molecular complexity index is 821. The summed E-state index contributed by atoms with van der Waals surface area (Å²) >= 11 is 0. The number of nitriles is 1. The molecule has 1 aliphatic carbocycles. The second kappa shape index (κ2) is 8.21. The molecule has 26 heavy (non-hydrogen) atoms. The number of aromatic nitrogens is 2. The highest BCUT2D eigenvalue weighted by molar-refractivity contribution is 5.94. The van der Waals surface area contributed by atoms with E-state index in [0.717, 1.165) is 17.9 Å². The first kappa shape index (κ1) is 17.5. The molecule has 0 spiro atoms. The number of benzene rings is 1. The zero-order valence-corrected chi connectivity index (χ0v) is 14.2. The Hall–Kier alpha value is -3.27. The molecule has 2 amide bonds. The average Bonchev–Trinajstić information content (AvgIpc) is 3.51. The normalized spacial score (nSPS) is 12.9. The molecule has 1 aromatic heterocycles. The van der Waals surface area contributed by atoms with Gasteiger partial charge in [0.25, 0.3) is 11.8 Å². The molecular weight excluding hydrogens is 330 g/mol. The van der Waals surface area contributed by atoms with Crippen LogP contribution in [0.2, 0.25) is 0 Å². The Morgan fingerprint density at radius 1 is 1.04 bits per heavy atom. The second-order valence-corrected chi connectivity index (χ2v) is 6.27. The predicted molar refractivity (Wildman–Crippen MR) is 94.0 cm³/mol. The molecule has 7 heteroatoms. The number of rotatable bonds is 7. The van der Waals surface area contributed by atoms with Crippen LogP contribution in [-0.2, 0) is 6.54 Å². The van der Waals surface area contributed by atoms with Gasteiger partial charge in [-0.25, -0.2) is 9.97 Å². The van der Waals surface area contributed by atoms with Crippen molar-refractivity contribution in [2.45, 2.75) is 25.8 Å². The first-order valence-corrected chi connectivity index (χ1v) is 8.53. The monoisotopic (exact) mass is 349 g/mol. The van der Waals surface area contributed by atoms with E-state index in [1.54, 1.807) is 18.2 Å². The summed E-state index contributed by atoms with van der Waals surface area (Å²) in [5.41, 5.74) is 1.77. The lowest BCUT2D eigenvalue weighted by molar-refractivity contribution is 0.0942. The molecule has 0 atom stereocenters. The van der Waals surface area contributed by atoms with Gasteiger partial charge in [0.2, 0.25) is 5.82 Å². The van der Waals surface area contributed by atoms with Crippen molar-refractivity contribution in [1.82, 2.24) is 20.6 Å². The molecule has 1 aliphatic rings. The van der Waals surface area contributed by atoms with Crippen LogP contribution in [0.4, 0.5) is 0 Å². The SMILES string of the molecule is N#Cc1ncc(C(=O)NCc2ccc(C(=O)NCCC3CC3)cc2)cn1. The molecule has 0 saturated heterocycles. The van der Waals surface area contributed by atoms with Gasteiger partial charge in [-0.3, -0.25) is 9.59 Å². The fourth-order valence-electron chi connectivity index (χ4n) is 2.46.